The Morgan fingerprint density at radius 1 is 1.12 bits per heavy atom. The van der Waals surface area contributed by atoms with E-state index < -0.39 is 0 Å². The summed E-state index contributed by atoms with van der Waals surface area (Å²) in [5, 5.41) is 5.88. The maximum atomic E-state index is 12.3. The zero-order valence-electron chi connectivity index (χ0n) is 14.4. The number of thioether (sulfide) groups is 1. The van der Waals surface area contributed by atoms with Gasteiger partial charge in [0.05, 0.1) is 0 Å². The molecule has 1 saturated heterocycles. The number of carbonyl (C=O) groups excluding carboxylic acids is 1. The van der Waals surface area contributed by atoms with Gasteiger partial charge in [-0.05, 0) is 73.5 Å². The van der Waals surface area contributed by atoms with Gasteiger partial charge in [-0.2, -0.15) is 0 Å². The summed E-state index contributed by atoms with van der Waals surface area (Å²) >= 11 is 1.66. The van der Waals surface area contributed by atoms with Crippen LogP contribution < -0.4 is 10.6 Å². The Balaban J connectivity index is 1.45. The van der Waals surface area contributed by atoms with Gasteiger partial charge >= 0.3 is 6.03 Å². The van der Waals surface area contributed by atoms with E-state index in [-0.39, 0.29) is 6.03 Å². The summed E-state index contributed by atoms with van der Waals surface area (Å²) in [6.07, 6.45) is 5.64. The monoisotopic (exact) mass is 353 g/mol. The van der Waals surface area contributed by atoms with Gasteiger partial charge in [0.25, 0.3) is 0 Å². The molecule has 4 nitrogen and oxygen atoms in total. The molecule has 0 saturated carbocycles. The molecule has 0 radical (unpaired) electrons. The van der Waals surface area contributed by atoms with Gasteiger partial charge in [0.1, 0.15) is 0 Å². The average molecular weight is 353 g/mol. The van der Waals surface area contributed by atoms with E-state index in [0.717, 1.165) is 29.2 Å². The van der Waals surface area contributed by atoms with Crippen LogP contribution in [-0.4, -0.2) is 30.3 Å². The van der Waals surface area contributed by atoms with Gasteiger partial charge in [-0.25, -0.2) is 4.79 Å². The van der Waals surface area contributed by atoms with Crippen molar-refractivity contribution >= 4 is 29.2 Å². The number of urea groups is 1. The largest absolute Gasteiger partial charge is 0.323 e. The molecule has 1 fully saturated rings. The Hall–Kier alpha value is -1.98. The van der Waals surface area contributed by atoms with Gasteiger partial charge in [0.2, 0.25) is 0 Å². The molecule has 2 aliphatic heterocycles. The summed E-state index contributed by atoms with van der Waals surface area (Å²) in [6.45, 7) is 2.36. The average Bonchev–Trinajstić information content (AvgIpc) is 3.10. The summed E-state index contributed by atoms with van der Waals surface area (Å²) in [5.74, 6) is 0. The van der Waals surface area contributed by atoms with Crippen molar-refractivity contribution in [2.45, 2.75) is 30.2 Å². The molecule has 2 aromatic rings. The summed E-state index contributed by atoms with van der Waals surface area (Å²) in [4.78, 5) is 16.0. The lowest BCUT2D eigenvalue weighted by atomic mass is 9.92. The van der Waals surface area contributed by atoms with Crippen LogP contribution in [0.15, 0.2) is 47.4 Å². The fourth-order valence-electron chi connectivity index (χ4n) is 3.93. The van der Waals surface area contributed by atoms with Gasteiger partial charge in [-0.1, -0.05) is 12.1 Å². The molecule has 2 aromatic carbocycles. The highest BCUT2D eigenvalue weighted by atomic mass is 32.2. The second-order valence-electron chi connectivity index (χ2n) is 6.67. The highest BCUT2D eigenvalue weighted by Gasteiger charge is 2.30. The molecule has 0 aromatic heterocycles. The Morgan fingerprint density at radius 3 is 2.80 bits per heavy atom. The molecule has 2 amide bonds. The van der Waals surface area contributed by atoms with Crippen LogP contribution in [0.4, 0.5) is 16.2 Å². The Labute approximate surface area is 153 Å². The lowest BCUT2D eigenvalue weighted by molar-refractivity contribution is 0.244. The minimum atomic E-state index is -0.198. The number of benzene rings is 2. The normalized spacial score (nSPS) is 19.2. The molecule has 2 heterocycles. The molecule has 0 bridgehead atoms. The van der Waals surface area contributed by atoms with Gasteiger partial charge in [-0.15, -0.1) is 11.8 Å². The summed E-state index contributed by atoms with van der Waals surface area (Å²) in [6, 6.07) is 14.6. The van der Waals surface area contributed by atoms with Crippen molar-refractivity contribution < 1.29 is 4.79 Å². The Morgan fingerprint density at radius 2 is 1.96 bits per heavy atom. The standard InChI is InChI=1S/C20H23N3OS/c1-25-17-5-2-4-15(13-17)21-20(24)22-16-7-8-18-14(12-16)9-11-23-10-3-6-19(18)23/h2,4-5,7-8,12-13,19H,3,6,9-11H2,1H3,(H2,21,22,24). The SMILES string of the molecule is CSc1cccc(NC(=O)Nc2ccc3c(c2)CCN2CCCC32)c1. The number of nitrogens with zero attached hydrogens (tertiary/aromatic N) is 1. The van der Waals surface area contributed by atoms with Crippen molar-refractivity contribution in [3.63, 3.8) is 0 Å². The van der Waals surface area contributed by atoms with Crippen molar-refractivity contribution in [1.82, 2.24) is 4.90 Å². The third kappa shape index (κ3) is 3.53. The Bertz CT molecular complexity index is 792. The molecular formula is C20H23N3OS. The maximum absolute atomic E-state index is 12.3. The smallest absolute Gasteiger partial charge is 0.308 e. The molecular weight excluding hydrogens is 330 g/mol. The minimum absolute atomic E-state index is 0.198. The number of hydrogen-bond donors (Lipinski definition) is 2. The highest BCUT2D eigenvalue weighted by molar-refractivity contribution is 7.98. The summed E-state index contributed by atoms with van der Waals surface area (Å²) < 4.78 is 0. The first-order valence-electron chi connectivity index (χ1n) is 8.82. The lowest BCUT2D eigenvalue weighted by Crippen LogP contribution is -2.31. The van der Waals surface area contributed by atoms with Crippen LogP contribution in [0.5, 0.6) is 0 Å². The molecule has 130 valence electrons. The number of carbonyl (C=O) groups is 1. The van der Waals surface area contributed by atoms with Crippen molar-refractivity contribution in [2.75, 3.05) is 30.0 Å². The predicted molar refractivity (Wildman–Crippen MR) is 105 cm³/mol. The molecule has 1 atom stereocenters. The highest BCUT2D eigenvalue weighted by Crippen LogP contribution is 2.38. The number of amides is 2. The molecule has 4 rings (SSSR count). The van der Waals surface area contributed by atoms with E-state index in [0.29, 0.717) is 6.04 Å². The fourth-order valence-corrected chi connectivity index (χ4v) is 4.39. The van der Waals surface area contributed by atoms with Crippen LogP contribution in [0, 0.1) is 0 Å². The van der Waals surface area contributed by atoms with Crippen molar-refractivity contribution in [3.05, 3.63) is 53.6 Å². The maximum Gasteiger partial charge on any atom is 0.323 e. The number of nitrogens with one attached hydrogen (secondary N) is 2. The van der Waals surface area contributed by atoms with Crippen LogP contribution in [0.3, 0.4) is 0 Å². The Kier molecular flexibility index (Phi) is 4.68. The molecule has 2 N–H and O–H groups in total. The minimum Gasteiger partial charge on any atom is -0.308 e. The second kappa shape index (κ2) is 7.10. The van der Waals surface area contributed by atoms with E-state index >= 15 is 0 Å². The van der Waals surface area contributed by atoms with Crippen molar-refractivity contribution in [1.29, 1.82) is 0 Å². The van der Waals surface area contributed by atoms with Crippen molar-refractivity contribution in [2.24, 2.45) is 0 Å². The lowest BCUT2D eigenvalue weighted by Gasteiger charge is -2.32. The van der Waals surface area contributed by atoms with Gasteiger partial charge < -0.3 is 10.6 Å². The third-order valence-electron chi connectivity index (χ3n) is 5.12. The van der Waals surface area contributed by atoms with E-state index in [4.69, 9.17) is 0 Å². The summed E-state index contributed by atoms with van der Waals surface area (Å²) in [7, 11) is 0. The topological polar surface area (TPSA) is 44.4 Å². The zero-order chi connectivity index (χ0) is 17.2. The van der Waals surface area contributed by atoms with Crippen LogP contribution in [0.1, 0.15) is 30.0 Å². The van der Waals surface area contributed by atoms with E-state index in [1.165, 1.54) is 30.5 Å². The fraction of sp³-hybridized carbons (Fsp3) is 0.350. The first-order chi connectivity index (χ1) is 12.2. The van der Waals surface area contributed by atoms with E-state index in [2.05, 4.69) is 27.7 Å². The van der Waals surface area contributed by atoms with Crippen LogP contribution >= 0.6 is 11.8 Å². The van der Waals surface area contributed by atoms with Crippen LogP contribution in [0.25, 0.3) is 0 Å². The first-order valence-corrected chi connectivity index (χ1v) is 10.0. The predicted octanol–water partition coefficient (Wildman–Crippen LogP) is 4.75. The van der Waals surface area contributed by atoms with Gasteiger partial charge in [0.15, 0.2) is 0 Å². The molecule has 25 heavy (non-hydrogen) atoms. The molecule has 1 unspecified atom stereocenters. The first kappa shape index (κ1) is 16.5. The summed E-state index contributed by atoms with van der Waals surface area (Å²) in [5.41, 5.74) is 4.50. The molecule has 5 heteroatoms. The number of anilines is 2. The number of fused-ring (bicyclic) bond motifs is 3. The van der Waals surface area contributed by atoms with E-state index in [9.17, 15) is 4.79 Å². The zero-order valence-corrected chi connectivity index (χ0v) is 15.2. The molecule has 0 aliphatic carbocycles. The van der Waals surface area contributed by atoms with Gasteiger partial charge in [0, 0.05) is 28.9 Å². The van der Waals surface area contributed by atoms with E-state index in [1.54, 1.807) is 11.8 Å². The number of hydrogen-bond acceptors (Lipinski definition) is 3. The number of rotatable bonds is 3. The van der Waals surface area contributed by atoms with Crippen LogP contribution in [-0.2, 0) is 6.42 Å². The van der Waals surface area contributed by atoms with Crippen LogP contribution in [0.2, 0.25) is 0 Å². The molecule has 2 aliphatic rings. The quantitative estimate of drug-likeness (QED) is 0.783. The van der Waals surface area contributed by atoms with Gasteiger partial charge in [-0.3, -0.25) is 4.90 Å². The van der Waals surface area contributed by atoms with Crippen molar-refractivity contribution in [3.8, 4) is 0 Å². The van der Waals surface area contributed by atoms with E-state index in [1.807, 2.05) is 36.6 Å². The second-order valence-corrected chi connectivity index (χ2v) is 7.55. The molecule has 0 spiro atoms. The third-order valence-corrected chi connectivity index (χ3v) is 5.84.